The number of rotatable bonds is 8. The topological polar surface area (TPSA) is 74.8 Å². The second-order valence-corrected chi connectivity index (χ2v) is 11.8. The molecule has 0 bridgehead atoms. The zero-order valence-electron chi connectivity index (χ0n) is 25.4. The summed E-state index contributed by atoms with van der Waals surface area (Å²) in [4.78, 5) is 32.3. The summed E-state index contributed by atoms with van der Waals surface area (Å²) in [6.45, 7) is 6.33. The standard InChI is InChI=1S/C36H32FN3O4S/c1-5-30-32(35(42)43-4)33(25-9-7-6-8-10-25)40-34(41)31(45-36(40)38-30)20-26-19-22(2)39(23(26)3)28-15-17-29(18-16-28)44-21-24-11-13-27(37)14-12-24/h6-20,33H,5,21H2,1-4H3/b31-20+/t33-/m1/s1. The van der Waals surface area contributed by atoms with E-state index >= 15 is 0 Å². The number of halogens is 1. The summed E-state index contributed by atoms with van der Waals surface area (Å²) >= 11 is 1.32. The SMILES string of the molecule is CCC1=C(C(=O)OC)[C@@H](c2ccccc2)n2c(s/c(=C/c3cc(C)n(-c4ccc(OCc5ccc(F)cc5)cc4)c3C)c2=O)=N1. The van der Waals surface area contributed by atoms with Crippen molar-refractivity contribution in [3.63, 3.8) is 0 Å². The second kappa shape index (κ2) is 12.5. The van der Waals surface area contributed by atoms with E-state index in [1.54, 1.807) is 16.7 Å². The lowest BCUT2D eigenvalue weighted by Gasteiger charge is -2.25. The van der Waals surface area contributed by atoms with Crippen LogP contribution >= 0.6 is 11.3 Å². The van der Waals surface area contributed by atoms with Crippen LogP contribution in [-0.4, -0.2) is 22.2 Å². The third-order valence-corrected chi connectivity index (χ3v) is 8.92. The van der Waals surface area contributed by atoms with Gasteiger partial charge in [-0.25, -0.2) is 14.2 Å². The molecule has 0 N–H and O–H groups in total. The number of fused-ring (bicyclic) bond motifs is 1. The average Bonchev–Trinajstić information content (AvgIpc) is 3.53. The molecule has 3 aromatic carbocycles. The molecule has 0 spiro atoms. The maximum atomic E-state index is 14.0. The van der Waals surface area contributed by atoms with Crippen LogP contribution < -0.4 is 19.6 Å². The molecule has 3 heterocycles. The number of hydrogen-bond donors (Lipinski definition) is 0. The van der Waals surface area contributed by atoms with Crippen molar-refractivity contribution in [2.45, 2.75) is 39.8 Å². The van der Waals surface area contributed by atoms with Gasteiger partial charge in [0.05, 0.1) is 29.0 Å². The highest BCUT2D eigenvalue weighted by molar-refractivity contribution is 7.07. The first-order valence-electron chi connectivity index (χ1n) is 14.6. The predicted octanol–water partition coefficient (Wildman–Crippen LogP) is 5.92. The number of benzene rings is 3. The molecule has 0 saturated heterocycles. The predicted molar refractivity (Wildman–Crippen MR) is 173 cm³/mol. The van der Waals surface area contributed by atoms with Gasteiger partial charge in [0.15, 0.2) is 4.80 Å². The lowest BCUT2D eigenvalue weighted by Crippen LogP contribution is -2.40. The number of aryl methyl sites for hydroxylation is 1. The lowest BCUT2D eigenvalue weighted by molar-refractivity contribution is -0.136. The average molecular weight is 622 g/mol. The summed E-state index contributed by atoms with van der Waals surface area (Å²) < 4.78 is 28.5. The first-order valence-corrected chi connectivity index (χ1v) is 15.5. The zero-order valence-corrected chi connectivity index (χ0v) is 26.2. The van der Waals surface area contributed by atoms with Gasteiger partial charge in [-0.3, -0.25) is 9.36 Å². The van der Waals surface area contributed by atoms with Crippen molar-refractivity contribution in [3.8, 4) is 11.4 Å². The van der Waals surface area contributed by atoms with Gasteiger partial charge in [-0.05, 0) is 85.5 Å². The van der Waals surface area contributed by atoms with Gasteiger partial charge in [0.2, 0.25) is 0 Å². The van der Waals surface area contributed by atoms with Crippen molar-refractivity contribution in [1.82, 2.24) is 9.13 Å². The number of thiazole rings is 1. The number of nitrogens with zero attached hydrogens (tertiary/aromatic N) is 3. The largest absolute Gasteiger partial charge is 0.489 e. The normalized spacial score (nSPS) is 14.7. The molecule has 0 saturated carbocycles. The number of carbonyl (C=O) groups is 1. The smallest absolute Gasteiger partial charge is 0.338 e. The van der Waals surface area contributed by atoms with Gasteiger partial charge >= 0.3 is 5.97 Å². The number of esters is 1. The van der Waals surface area contributed by atoms with Gasteiger partial charge < -0.3 is 14.0 Å². The van der Waals surface area contributed by atoms with Gasteiger partial charge in [-0.2, -0.15) is 0 Å². The first-order chi connectivity index (χ1) is 21.8. The molecule has 45 heavy (non-hydrogen) atoms. The summed E-state index contributed by atoms with van der Waals surface area (Å²) in [7, 11) is 1.35. The number of ether oxygens (including phenoxy) is 2. The van der Waals surface area contributed by atoms with Crippen molar-refractivity contribution < 1.29 is 18.7 Å². The molecule has 9 heteroatoms. The summed E-state index contributed by atoms with van der Waals surface area (Å²) in [6.07, 6.45) is 2.43. The molecule has 5 aromatic rings. The fraction of sp³-hybridized carbons (Fsp3) is 0.194. The van der Waals surface area contributed by atoms with E-state index in [9.17, 15) is 14.0 Å². The van der Waals surface area contributed by atoms with E-state index in [0.29, 0.717) is 39.4 Å². The van der Waals surface area contributed by atoms with E-state index in [4.69, 9.17) is 14.5 Å². The maximum absolute atomic E-state index is 14.0. The Hall–Kier alpha value is -5.02. The van der Waals surface area contributed by atoms with Gasteiger partial charge in [-0.15, -0.1) is 0 Å². The monoisotopic (exact) mass is 621 g/mol. The first kappa shape index (κ1) is 30.0. The molecule has 0 fully saturated rings. The van der Waals surface area contributed by atoms with Crippen LogP contribution in [0.25, 0.3) is 11.8 Å². The third-order valence-electron chi connectivity index (χ3n) is 7.94. The molecular formula is C36H32FN3O4S. The van der Waals surface area contributed by atoms with Crippen molar-refractivity contribution in [3.05, 3.63) is 150 Å². The fourth-order valence-corrected chi connectivity index (χ4v) is 6.74. The minimum atomic E-state index is -0.636. The van der Waals surface area contributed by atoms with Crippen LogP contribution in [0.5, 0.6) is 5.75 Å². The Labute approximate surface area is 263 Å². The Morgan fingerprint density at radius 1 is 1.02 bits per heavy atom. The Morgan fingerprint density at radius 2 is 1.73 bits per heavy atom. The van der Waals surface area contributed by atoms with Gasteiger partial charge in [-0.1, -0.05) is 60.7 Å². The van der Waals surface area contributed by atoms with Gasteiger partial charge in [0.25, 0.3) is 5.56 Å². The highest BCUT2D eigenvalue weighted by Crippen LogP contribution is 2.32. The number of allylic oxidation sites excluding steroid dienone is 1. The molecule has 228 valence electrons. The highest BCUT2D eigenvalue weighted by Gasteiger charge is 2.33. The molecule has 0 radical (unpaired) electrons. The zero-order chi connectivity index (χ0) is 31.7. The third kappa shape index (κ3) is 5.79. The molecule has 0 amide bonds. The molecule has 2 aromatic heterocycles. The van der Waals surface area contributed by atoms with E-state index in [2.05, 4.69) is 10.6 Å². The van der Waals surface area contributed by atoms with E-state index in [-0.39, 0.29) is 11.4 Å². The molecule has 6 rings (SSSR count). The quantitative estimate of drug-likeness (QED) is 0.202. The molecule has 0 aliphatic carbocycles. The van der Waals surface area contributed by atoms with E-state index in [1.807, 2.05) is 81.4 Å². The van der Waals surface area contributed by atoms with Gasteiger partial charge in [0, 0.05) is 17.1 Å². The van der Waals surface area contributed by atoms with E-state index in [1.165, 1.54) is 30.6 Å². The van der Waals surface area contributed by atoms with Gasteiger partial charge in [0.1, 0.15) is 18.2 Å². The van der Waals surface area contributed by atoms with Crippen LogP contribution in [0.4, 0.5) is 4.39 Å². The summed E-state index contributed by atoms with van der Waals surface area (Å²) in [5.74, 6) is -0.0606. The second-order valence-electron chi connectivity index (χ2n) is 10.8. The number of hydrogen-bond acceptors (Lipinski definition) is 6. The number of aromatic nitrogens is 2. The maximum Gasteiger partial charge on any atom is 0.338 e. The Bertz CT molecular complexity index is 2090. The number of methoxy groups -OCH3 is 1. The van der Waals surface area contributed by atoms with Crippen LogP contribution in [0.1, 0.15) is 47.5 Å². The summed E-state index contributed by atoms with van der Waals surface area (Å²) in [6, 6.07) is 25.0. The van der Waals surface area contributed by atoms with E-state index in [0.717, 1.165) is 33.8 Å². The highest BCUT2D eigenvalue weighted by atomic mass is 32.1. The molecule has 1 aliphatic rings. The van der Waals surface area contributed by atoms with Crippen LogP contribution in [-0.2, 0) is 16.1 Å². The minimum absolute atomic E-state index is 0.211. The molecular weight excluding hydrogens is 589 g/mol. The van der Waals surface area contributed by atoms with Crippen molar-refractivity contribution in [2.24, 2.45) is 4.99 Å². The summed E-state index contributed by atoms with van der Waals surface area (Å²) in [5, 5.41) is 0. The Balaban J connectivity index is 1.35. The minimum Gasteiger partial charge on any atom is -0.489 e. The Kier molecular flexibility index (Phi) is 8.36. The lowest BCUT2D eigenvalue weighted by atomic mass is 9.95. The van der Waals surface area contributed by atoms with Crippen LogP contribution in [0.3, 0.4) is 0 Å². The molecule has 1 aliphatic heterocycles. The fourth-order valence-electron chi connectivity index (χ4n) is 5.73. The van der Waals surface area contributed by atoms with Crippen LogP contribution in [0.2, 0.25) is 0 Å². The number of carbonyl (C=O) groups excluding carboxylic acids is 1. The van der Waals surface area contributed by atoms with Crippen LogP contribution in [0.15, 0.2) is 106 Å². The molecule has 1 atom stereocenters. The van der Waals surface area contributed by atoms with Crippen LogP contribution in [0, 0.1) is 19.7 Å². The molecule has 0 unspecified atom stereocenters. The Morgan fingerprint density at radius 3 is 2.40 bits per heavy atom. The van der Waals surface area contributed by atoms with Crippen molar-refractivity contribution >= 4 is 23.4 Å². The van der Waals surface area contributed by atoms with Crippen molar-refractivity contribution in [1.29, 1.82) is 0 Å². The van der Waals surface area contributed by atoms with Crippen molar-refractivity contribution in [2.75, 3.05) is 7.11 Å². The summed E-state index contributed by atoms with van der Waals surface area (Å²) in [5.41, 5.74) is 6.34. The van der Waals surface area contributed by atoms with E-state index < -0.39 is 12.0 Å². The molecule has 7 nitrogen and oxygen atoms in total.